The summed E-state index contributed by atoms with van der Waals surface area (Å²) >= 11 is 6.22. The molecule has 1 nitrogen and oxygen atoms in total. The van der Waals surface area contributed by atoms with Gasteiger partial charge >= 0.3 is 0 Å². The second kappa shape index (κ2) is 3.61. The fourth-order valence-electron chi connectivity index (χ4n) is 4.74. The van der Waals surface area contributed by atoms with Crippen molar-refractivity contribution in [3.8, 4) is 0 Å². The normalized spacial score (nSPS) is 41.6. The van der Waals surface area contributed by atoms with Gasteiger partial charge in [-0.25, -0.2) is 0 Å². The van der Waals surface area contributed by atoms with E-state index in [9.17, 15) is 0 Å². The van der Waals surface area contributed by atoms with Gasteiger partial charge in [-0.3, -0.25) is 0 Å². The van der Waals surface area contributed by atoms with Crippen LogP contribution in [0.1, 0.15) is 12.0 Å². The molecular formula is C16H18ClN. The Bertz CT molecular complexity index is 524. The van der Waals surface area contributed by atoms with E-state index < -0.39 is 0 Å². The Labute approximate surface area is 113 Å². The summed E-state index contributed by atoms with van der Waals surface area (Å²) in [6.45, 7) is 2.42. The zero-order chi connectivity index (χ0) is 12.3. The van der Waals surface area contributed by atoms with Crippen LogP contribution in [0.25, 0.3) is 0 Å². The van der Waals surface area contributed by atoms with Crippen LogP contribution in [0.2, 0.25) is 5.02 Å². The van der Waals surface area contributed by atoms with Gasteiger partial charge < -0.3 is 4.90 Å². The van der Waals surface area contributed by atoms with Crippen molar-refractivity contribution in [1.82, 2.24) is 4.90 Å². The van der Waals surface area contributed by atoms with Crippen LogP contribution >= 0.6 is 11.6 Å². The number of hydrogen-bond acceptors (Lipinski definition) is 1. The van der Waals surface area contributed by atoms with Gasteiger partial charge in [0.05, 0.1) is 0 Å². The smallest absolute Gasteiger partial charge is 0.0408 e. The van der Waals surface area contributed by atoms with Gasteiger partial charge in [0.25, 0.3) is 0 Å². The van der Waals surface area contributed by atoms with E-state index in [1.54, 1.807) is 0 Å². The minimum atomic E-state index is 0.332. The van der Waals surface area contributed by atoms with E-state index in [1.165, 1.54) is 25.1 Å². The average Bonchev–Trinajstić information content (AvgIpc) is 2.98. The van der Waals surface area contributed by atoms with Gasteiger partial charge in [-0.05, 0) is 48.9 Å². The van der Waals surface area contributed by atoms with Crippen molar-refractivity contribution >= 4 is 11.6 Å². The maximum absolute atomic E-state index is 6.22. The topological polar surface area (TPSA) is 3.24 Å². The standard InChI is InChI=1S/C16H18ClN/c1-18-9-15-11-5-6-13(7-11)16(15,10-18)12-3-2-4-14(17)8-12/h2-6,8,11,13,15H,7,9-10H2,1H3. The first kappa shape index (κ1) is 11.1. The van der Waals surface area contributed by atoms with Crippen LogP contribution in [-0.2, 0) is 5.41 Å². The lowest BCUT2D eigenvalue weighted by Crippen LogP contribution is -2.39. The quantitative estimate of drug-likeness (QED) is 0.699. The maximum Gasteiger partial charge on any atom is 0.0408 e. The summed E-state index contributed by atoms with van der Waals surface area (Å²) in [6.07, 6.45) is 6.27. The SMILES string of the molecule is CN1CC2C3C=CC(C3)C2(c2cccc(Cl)c2)C1. The first-order valence-corrected chi connectivity index (χ1v) is 7.21. The van der Waals surface area contributed by atoms with E-state index >= 15 is 0 Å². The van der Waals surface area contributed by atoms with E-state index in [1.807, 2.05) is 6.07 Å². The van der Waals surface area contributed by atoms with Crippen LogP contribution in [0.15, 0.2) is 36.4 Å². The Hall–Kier alpha value is -0.790. The third-order valence-electron chi connectivity index (χ3n) is 5.36. The summed E-state index contributed by atoms with van der Waals surface area (Å²) in [5.41, 5.74) is 1.79. The van der Waals surface area contributed by atoms with Crippen molar-refractivity contribution in [2.75, 3.05) is 20.1 Å². The first-order chi connectivity index (χ1) is 8.70. The van der Waals surface area contributed by atoms with Gasteiger partial charge in [-0.2, -0.15) is 0 Å². The molecule has 4 unspecified atom stereocenters. The lowest BCUT2D eigenvalue weighted by atomic mass is 9.66. The van der Waals surface area contributed by atoms with E-state index in [-0.39, 0.29) is 0 Å². The highest BCUT2D eigenvalue weighted by molar-refractivity contribution is 6.30. The zero-order valence-corrected chi connectivity index (χ0v) is 11.4. The monoisotopic (exact) mass is 259 g/mol. The molecule has 4 rings (SSSR count). The number of allylic oxidation sites excluding steroid dienone is 2. The highest BCUT2D eigenvalue weighted by Crippen LogP contribution is 2.60. The number of rotatable bonds is 1. The molecule has 0 N–H and O–H groups in total. The molecule has 0 aromatic heterocycles. The van der Waals surface area contributed by atoms with E-state index in [0.717, 1.165) is 22.8 Å². The first-order valence-electron chi connectivity index (χ1n) is 6.83. The van der Waals surface area contributed by atoms with Crippen LogP contribution in [0.4, 0.5) is 0 Å². The average molecular weight is 260 g/mol. The minimum Gasteiger partial charge on any atom is -0.305 e. The highest BCUT2D eigenvalue weighted by Gasteiger charge is 2.60. The van der Waals surface area contributed by atoms with Crippen molar-refractivity contribution in [3.05, 3.63) is 47.0 Å². The summed E-state index contributed by atoms with van der Waals surface area (Å²) in [7, 11) is 2.25. The molecular weight excluding hydrogens is 242 g/mol. The lowest BCUT2D eigenvalue weighted by molar-refractivity contribution is 0.308. The molecule has 1 aliphatic heterocycles. The molecule has 0 amide bonds. The van der Waals surface area contributed by atoms with E-state index in [2.05, 4.69) is 42.3 Å². The molecule has 1 saturated carbocycles. The molecule has 4 atom stereocenters. The van der Waals surface area contributed by atoms with Gasteiger partial charge in [0.1, 0.15) is 0 Å². The molecule has 1 saturated heterocycles. The number of likely N-dealkylation sites (N-methyl/N-ethyl adjacent to an activating group) is 1. The molecule has 94 valence electrons. The molecule has 1 aromatic carbocycles. The van der Waals surface area contributed by atoms with Crippen molar-refractivity contribution < 1.29 is 0 Å². The lowest BCUT2D eigenvalue weighted by Gasteiger charge is -2.37. The summed E-state index contributed by atoms with van der Waals surface area (Å²) in [5.74, 6) is 2.30. The Balaban J connectivity index is 1.87. The Morgan fingerprint density at radius 1 is 1.33 bits per heavy atom. The van der Waals surface area contributed by atoms with Crippen LogP contribution in [-0.4, -0.2) is 25.0 Å². The Morgan fingerprint density at radius 3 is 3.06 bits per heavy atom. The Kier molecular flexibility index (Phi) is 2.22. The molecule has 3 aliphatic rings. The second-order valence-corrected chi connectivity index (χ2v) is 6.68. The van der Waals surface area contributed by atoms with Gasteiger partial charge in [-0.1, -0.05) is 35.9 Å². The van der Waals surface area contributed by atoms with Crippen LogP contribution in [0.3, 0.4) is 0 Å². The summed E-state index contributed by atoms with van der Waals surface area (Å²) in [6, 6.07) is 8.57. The number of hydrogen-bond donors (Lipinski definition) is 0. The van der Waals surface area contributed by atoms with Gasteiger partial charge in [-0.15, -0.1) is 0 Å². The molecule has 0 spiro atoms. The summed E-state index contributed by atoms with van der Waals surface area (Å²) < 4.78 is 0. The van der Waals surface area contributed by atoms with Gasteiger partial charge in [0.15, 0.2) is 0 Å². The minimum absolute atomic E-state index is 0.332. The zero-order valence-electron chi connectivity index (χ0n) is 10.6. The predicted molar refractivity (Wildman–Crippen MR) is 74.9 cm³/mol. The molecule has 1 aromatic rings. The van der Waals surface area contributed by atoms with Gasteiger partial charge in [0.2, 0.25) is 0 Å². The van der Waals surface area contributed by atoms with Crippen molar-refractivity contribution in [2.24, 2.45) is 17.8 Å². The third-order valence-corrected chi connectivity index (χ3v) is 5.59. The third kappa shape index (κ3) is 1.27. The second-order valence-electron chi connectivity index (χ2n) is 6.24. The molecule has 18 heavy (non-hydrogen) atoms. The van der Waals surface area contributed by atoms with E-state index in [4.69, 9.17) is 11.6 Å². The number of nitrogens with zero attached hydrogens (tertiary/aromatic N) is 1. The summed E-state index contributed by atoms with van der Waals surface area (Å²) in [4.78, 5) is 2.50. The van der Waals surface area contributed by atoms with E-state index in [0.29, 0.717) is 5.41 Å². The molecule has 1 heterocycles. The van der Waals surface area contributed by atoms with Crippen LogP contribution < -0.4 is 0 Å². The van der Waals surface area contributed by atoms with Crippen molar-refractivity contribution in [2.45, 2.75) is 11.8 Å². The maximum atomic E-state index is 6.22. The predicted octanol–water partition coefficient (Wildman–Crippen LogP) is 3.35. The number of likely N-dealkylation sites (tertiary alicyclic amines) is 1. The fourth-order valence-corrected chi connectivity index (χ4v) is 4.93. The van der Waals surface area contributed by atoms with Crippen LogP contribution in [0.5, 0.6) is 0 Å². The number of fused-ring (bicyclic) bond motifs is 5. The molecule has 2 aliphatic carbocycles. The largest absolute Gasteiger partial charge is 0.305 e. The number of halogens is 1. The van der Waals surface area contributed by atoms with Gasteiger partial charge in [0, 0.05) is 23.5 Å². The highest BCUT2D eigenvalue weighted by atomic mass is 35.5. The fraction of sp³-hybridized carbons (Fsp3) is 0.500. The molecule has 2 fully saturated rings. The summed E-state index contributed by atoms with van der Waals surface area (Å²) in [5, 5.41) is 0.877. The molecule has 2 heteroatoms. The Morgan fingerprint density at radius 2 is 2.22 bits per heavy atom. The van der Waals surface area contributed by atoms with Crippen LogP contribution in [0, 0.1) is 17.8 Å². The molecule has 0 radical (unpaired) electrons. The van der Waals surface area contributed by atoms with Crippen molar-refractivity contribution in [1.29, 1.82) is 0 Å². The van der Waals surface area contributed by atoms with Crippen molar-refractivity contribution in [3.63, 3.8) is 0 Å². The molecule has 2 bridgehead atoms. The number of benzene rings is 1.